The van der Waals surface area contributed by atoms with Gasteiger partial charge in [0.1, 0.15) is 5.75 Å². The van der Waals surface area contributed by atoms with Crippen molar-refractivity contribution < 1.29 is 9.53 Å². The number of anilines is 2. The van der Waals surface area contributed by atoms with Crippen molar-refractivity contribution in [1.29, 1.82) is 0 Å². The Balaban J connectivity index is 1.80. The third-order valence-electron chi connectivity index (χ3n) is 4.36. The van der Waals surface area contributed by atoms with Gasteiger partial charge in [-0.05, 0) is 42.5 Å². The molecule has 0 aliphatic carbocycles. The number of ether oxygens (including phenoxy) is 1. The topological polar surface area (TPSA) is 54.5 Å². The minimum atomic E-state index is -0.514. The lowest BCUT2D eigenvalue weighted by Gasteiger charge is -2.27. The molecule has 27 heavy (non-hydrogen) atoms. The number of carbonyl (C=O) groups excluding carboxylic acids is 1. The van der Waals surface area contributed by atoms with E-state index in [1.54, 1.807) is 48.5 Å². The molecule has 7 heteroatoms. The lowest BCUT2D eigenvalue weighted by atomic mass is 10.2. The highest BCUT2D eigenvalue weighted by Gasteiger charge is 2.39. The summed E-state index contributed by atoms with van der Waals surface area (Å²) in [6.07, 6.45) is 1.15. The lowest BCUT2D eigenvalue weighted by molar-refractivity contribution is 0.0993. The zero-order valence-electron chi connectivity index (χ0n) is 14.3. The number of nitrogens with one attached hydrogen (secondary N) is 1. The van der Waals surface area contributed by atoms with Crippen LogP contribution >= 0.6 is 23.2 Å². The first-order valence-electron chi connectivity index (χ1n) is 8.22. The molecule has 0 saturated heterocycles. The molecule has 4 rings (SSSR count). The summed E-state index contributed by atoms with van der Waals surface area (Å²) in [4.78, 5) is 19.2. The SMILES string of the molecule is COc1cccc(N2C(=O)c3cccnc3[C@@H]2Nc2ccc(Cl)cc2Cl)c1. The van der Waals surface area contributed by atoms with E-state index in [1.165, 1.54) is 0 Å². The molecule has 2 aromatic carbocycles. The molecule has 0 unspecified atom stereocenters. The number of nitrogens with zero attached hydrogens (tertiary/aromatic N) is 2. The van der Waals surface area contributed by atoms with Crippen molar-refractivity contribution in [2.45, 2.75) is 6.17 Å². The molecular formula is C20H15Cl2N3O2. The summed E-state index contributed by atoms with van der Waals surface area (Å²) in [5.41, 5.74) is 2.53. The third-order valence-corrected chi connectivity index (χ3v) is 4.91. The van der Waals surface area contributed by atoms with Crippen LogP contribution < -0.4 is 15.0 Å². The van der Waals surface area contributed by atoms with E-state index in [-0.39, 0.29) is 5.91 Å². The first kappa shape index (κ1) is 17.6. The maximum atomic E-state index is 13.1. The second kappa shape index (κ2) is 7.10. The number of rotatable bonds is 4. The van der Waals surface area contributed by atoms with Crippen LogP contribution in [0, 0.1) is 0 Å². The molecule has 1 N–H and O–H groups in total. The van der Waals surface area contributed by atoms with E-state index in [9.17, 15) is 4.79 Å². The maximum absolute atomic E-state index is 13.1. The van der Waals surface area contributed by atoms with Gasteiger partial charge in [-0.1, -0.05) is 29.3 Å². The predicted molar refractivity (Wildman–Crippen MR) is 107 cm³/mol. The van der Waals surface area contributed by atoms with Gasteiger partial charge in [-0.15, -0.1) is 0 Å². The molecule has 3 aromatic rings. The summed E-state index contributed by atoms with van der Waals surface area (Å²) < 4.78 is 5.30. The molecule has 2 heterocycles. The molecule has 1 amide bonds. The van der Waals surface area contributed by atoms with Crippen molar-refractivity contribution in [3.05, 3.63) is 82.1 Å². The number of carbonyl (C=O) groups is 1. The van der Waals surface area contributed by atoms with Gasteiger partial charge in [0.25, 0.3) is 5.91 Å². The van der Waals surface area contributed by atoms with Crippen molar-refractivity contribution in [2.24, 2.45) is 0 Å². The molecule has 0 fully saturated rings. The Kier molecular flexibility index (Phi) is 4.64. The van der Waals surface area contributed by atoms with E-state index in [2.05, 4.69) is 10.3 Å². The van der Waals surface area contributed by atoms with Gasteiger partial charge in [-0.2, -0.15) is 0 Å². The molecule has 0 radical (unpaired) electrons. The Bertz CT molecular complexity index is 1030. The molecule has 0 bridgehead atoms. The normalized spacial score (nSPS) is 15.6. The van der Waals surface area contributed by atoms with Gasteiger partial charge in [-0.3, -0.25) is 14.7 Å². The summed E-state index contributed by atoms with van der Waals surface area (Å²) in [5, 5.41) is 4.32. The zero-order chi connectivity index (χ0) is 19.0. The van der Waals surface area contributed by atoms with E-state index in [1.807, 2.05) is 24.3 Å². The molecular weight excluding hydrogens is 385 g/mol. The van der Waals surface area contributed by atoms with Gasteiger partial charge >= 0.3 is 0 Å². The monoisotopic (exact) mass is 399 g/mol. The quantitative estimate of drug-likeness (QED) is 0.657. The number of fused-ring (bicyclic) bond motifs is 1. The van der Waals surface area contributed by atoms with Gasteiger partial charge < -0.3 is 10.1 Å². The fourth-order valence-electron chi connectivity index (χ4n) is 3.10. The van der Waals surface area contributed by atoms with E-state index >= 15 is 0 Å². The third kappa shape index (κ3) is 3.20. The van der Waals surface area contributed by atoms with Crippen molar-refractivity contribution >= 4 is 40.5 Å². The highest BCUT2D eigenvalue weighted by Crippen LogP contribution is 2.39. The number of halogens is 2. The number of benzene rings is 2. The summed E-state index contributed by atoms with van der Waals surface area (Å²) >= 11 is 12.3. The average Bonchev–Trinajstić information content (AvgIpc) is 2.96. The zero-order valence-corrected chi connectivity index (χ0v) is 15.8. The second-order valence-corrected chi connectivity index (χ2v) is 6.83. The standard InChI is InChI=1S/C20H15Cl2N3O2/c1-27-14-5-2-4-13(11-14)25-19(18-15(20(25)26)6-3-9-23-18)24-17-8-7-12(21)10-16(17)22/h2-11,19,24H,1H3/t19-/m1/s1. The largest absolute Gasteiger partial charge is 0.497 e. The molecule has 0 saturated carbocycles. The minimum absolute atomic E-state index is 0.145. The van der Waals surface area contributed by atoms with Crippen LogP contribution in [0.5, 0.6) is 5.75 Å². The molecule has 1 aliphatic rings. The van der Waals surface area contributed by atoms with E-state index in [0.29, 0.717) is 38.4 Å². The van der Waals surface area contributed by atoms with Crippen LogP contribution in [0.1, 0.15) is 22.2 Å². The van der Waals surface area contributed by atoms with Crippen LogP contribution in [0.25, 0.3) is 0 Å². The predicted octanol–water partition coefficient (Wildman–Crippen LogP) is 5.17. The smallest absolute Gasteiger partial charge is 0.262 e. The fourth-order valence-corrected chi connectivity index (χ4v) is 3.56. The highest BCUT2D eigenvalue weighted by atomic mass is 35.5. The van der Waals surface area contributed by atoms with Crippen LogP contribution in [0.15, 0.2) is 60.8 Å². The summed E-state index contributed by atoms with van der Waals surface area (Å²) in [7, 11) is 1.59. The minimum Gasteiger partial charge on any atom is -0.497 e. The first-order valence-corrected chi connectivity index (χ1v) is 8.98. The Hall–Kier alpha value is -2.76. The Morgan fingerprint density at radius 3 is 2.74 bits per heavy atom. The van der Waals surface area contributed by atoms with Gasteiger partial charge in [0.2, 0.25) is 0 Å². The Morgan fingerprint density at radius 1 is 1.11 bits per heavy atom. The van der Waals surface area contributed by atoms with Crippen LogP contribution in [0.2, 0.25) is 10.0 Å². The summed E-state index contributed by atoms with van der Waals surface area (Å²) in [5.74, 6) is 0.515. The maximum Gasteiger partial charge on any atom is 0.262 e. The first-order chi connectivity index (χ1) is 13.1. The summed E-state index contributed by atoms with van der Waals surface area (Å²) in [6, 6.07) is 16.0. The number of aromatic nitrogens is 1. The van der Waals surface area contributed by atoms with Gasteiger partial charge in [0.05, 0.1) is 34.8 Å². The molecule has 1 atom stereocenters. The van der Waals surface area contributed by atoms with Crippen LogP contribution in [0.3, 0.4) is 0 Å². The van der Waals surface area contributed by atoms with Gasteiger partial charge in [0.15, 0.2) is 6.17 Å². The number of methoxy groups -OCH3 is 1. The number of hydrogen-bond donors (Lipinski definition) is 1. The van der Waals surface area contributed by atoms with E-state index < -0.39 is 6.17 Å². The van der Waals surface area contributed by atoms with Crippen LogP contribution in [-0.2, 0) is 0 Å². The van der Waals surface area contributed by atoms with Crippen molar-refractivity contribution in [3.63, 3.8) is 0 Å². The van der Waals surface area contributed by atoms with Crippen LogP contribution in [-0.4, -0.2) is 18.0 Å². The van der Waals surface area contributed by atoms with E-state index in [0.717, 1.165) is 0 Å². The molecule has 136 valence electrons. The Morgan fingerprint density at radius 2 is 1.96 bits per heavy atom. The average molecular weight is 400 g/mol. The van der Waals surface area contributed by atoms with Crippen molar-refractivity contribution in [2.75, 3.05) is 17.3 Å². The number of pyridine rings is 1. The molecule has 1 aliphatic heterocycles. The second-order valence-electron chi connectivity index (χ2n) is 5.98. The van der Waals surface area contributed by atoms with E-state index in [4.69, 9.17) is 27.9 Å². The Labute approximate surface area is 166 Å². The molecule has 1 aromatic heterocycles. The van der Waals surface area contributed by atoms with Gasteiger partial charge in [0, 0.05) is 17.3 Å². The fraction of sp³-hybridized carbons (Fsp3) is 0.100. The van der Waals surface area contributed by atoms with Crippen LogP contribution in [0.4, 0.5) is 11.4 Å². The highest BCUT2D eigenvalue weighted by molar-refractivity contribution is 6.36. The lowest BCUT2D eigenvalue weighted by Crippen LogP contribution is -2.32. The molecule has 0 spiro atoms. The number of hydrogen-bond acceptors (Lipinski definition) is 4. The number of amides is 1. The van der Waals surface area contributed by atoms with Crippen molar-refractivity contribution in [3.8, 4) is 5.75 Å². The summed E-state index contributed by atoms with van der Waals surface area (Å²) in [6.45, 7) is 0. The van der Waals surface area contributed by atoms with Crippen molar-refractivity contribution in [1.82, 2.24) is 4.98 Å². The van der Waals surface area contributed by atoms with Gasteiger partial charge in [-0.25, -0.2) is 0 Å². The molecule has 5 nitrogen and oxygen atoms in total.